The van der Waals surface area contributed by atoms with Crippen molar-refractivity contribution in [2.24, 2.45) is 0 Å². The van der Waals surface area contributed by atoms with Crippen LogP contribution in [0, 0.1) is 10.4 Å². The number of nitrogens with zero attached hydrogens (tertiary/aromatic N) is 3. The highest BCUT2D eigenvalue weighted by Crippen LogP contribution is 2.24. The number of amidine groups is 1. The molecule has 106 valence electrons. The molecule has 0 fully saturated rings. The summed E-state index contributed by atoms with van der Waals surface area (Å²) in [5, 5.41) is 25.3. The van der Waals surface area contributed by atoms with Crippen molar-refractivity contribution in [3.05, 3.63) is 76.4 Å². The molecule has 5 heteroatoms. The van der Waals surface area contributed by atoms with E-state index in [4.69, 9.17) is 0 Å². The Balaban J connectivity index is 2.22. The van der Waals surface area contributed by atoms with Gasteiger partial charge in [0.1, 0.15) is 5.56 Å². The SMILES string of the molecule is CC1(C)C(c2ccccc2)=[N+]([O-])C(c2cccnc2)=[N+]1[O-]. The van der Waals surface area contributed by atoms with Gasteiger partial charge in [-0.05, 0) is 24.3 Å². The van der Waals surface area contributed by atoms with Crippen LogP contribution >= 0.6 is 0 Å². The van der Waals surface area contributed by atoms with Crippen LogP contribution in [0.4, 0.5) is 0 Å². The van der Waals surface area contributed by atoms with Gasteiger partial charge in [-0.1, -0.05) is 18.2 Å². The maximum Gasteiger partial charge on any atom is 0.471 e. The zero-order valence-electron chi connectivity index (χ0n) is 11.9. The van der Waals surface area contributed by atoms with E-state index in [2.05, 4.69) is 4.98 Å². The average molecular weight is 281 g/mol. The molecule has 1 aromatic heterocycles. The molecule has 2 aromatic rings. The van der Waals surface area contributed by atoms with Crippen LogP contribution in [0.25, 0.3) is 0 Å². The van der Waals surface area contributed by atoms with Crippen molar-refractivity contribution in [3.63, 3.8) is 0 Å². The van der Waals surface area contributed by atoms with Gasteiger partial charge in [-0.15, -0.1) is 9.48 Å². The lowest BCUT2D eigenvalue weighted by Crippen LogP contribution is -2.39. The second-order valence-corrected chi connectivity index (χ2v) is 5.43. The molecular formula is C16H15N3O2. The van der Waals surface area contributed by atoms with Crippen molar-refractivity contribution in [1.29, 1.82) is 0 Å². The molecule has 0 unspecified atom stereocenters. The molecule has 0 amide bonds. The number of hydrogen-bond acceptors (Lipinski definition) is 3. The van der Waals surface area contributed by atoms with Gasteiger partial charge in [-0.25, -0.2) is 0 Å². The maximum atomic E-state index is 12.7. The molecule has 0 N–H and O–H groups in total. The van der Waals surface area contributed by atoms with Gasteiger partial charge in [-0.3, -0.25) is 4.98 Å². The third-order valence-electron chi connectivity index (χ3n) is 3.64. The van der Waals surface area contributed by atoms with Gasteiger partial charge in [0.15, 0.2) is 0 Å². The second kappa shape index (κ2) is 4.70. The molecule has 0 saturated heterocycles. The van der Waals surface area contributed by atoms with Crippen LogP contribution < -0.4 is 0 Å². The predicted octanol–water partition coefficient (Wildman–Crippen LogP) is 2.13. The standard InChI is InChI=1S/C16H15N3O2/c1-16(2)14(12-7-4-3-5-8-12)18(20)15(19(16)21)13-9-6-10-17-11-13/h3-11H,1-2H3. The summed E-state index contributed by atoms with van der Waals surface area (Å²) in [7, 11) is 0. The predicted molar refractivity (Wildman–Crippen MR) is 80.2 cm³/mol. The summed E-state index contributed by atoms with van der Waals surface area (Å²) in [6.07, 6.45) is 3.13. The molecule has 0 bridgehead atoms. The Morgan fingerprint density at radius 3 is 2.24 bits per heavy atom. The van der Waals surface area contributed by atoms with Crippen molar-refractivity contribution in [3.8, 4) is 0 Å². The van der Waals surface area contributed by atoms with E-state index in [0.29, 0.717) is 11.3 Å². The molecule has 1 aromatic carbocycles. The third-order valence-corrected chi connectivity index (χ3v) is 3.64. The van der Waals surface area contributed by atoms with Gasteiger partial charge in [0.25, 0.3) is 11.3 Å². The van der Waals surface area contributed by atoms with E-state index in [1.54, 1.807) is 32.2 Å². The molecule has 0 radical (unpaired) electrons. The number of rotatable bonds is 2. The molecule has 3 rings (SSSR count). The first-order chi connectivity index (χ1) is 10.0. The van der Waals surface area contributed by atoms with Gasteiger partial charge in [0, 0.05) is 26.2 Å². The summed E-state index contributed by atoms with van der Waals surface area (Å²) < 4.78 is 1.48. The van der Waals surface area contributed by atoms with Gasteiger partial charge in [0.05, 0.1) is 5.56 Å². The lowest BCUT2D eigenvalue weighted by atomic mass is 9.93. The minimum Gasteiger partial charge on any atom is -0.618 e. The first kappa shape index (κ1) is 13.3. The number of pyridine rings is 1. The average Bonchev–Trinajstić information content (AvgIpc) is 2.67. The minimum atomic E-state index is -0.936. The van der Waals surface area contributed by atoms with E-state index in [1.165, 1.54) is 6.20 Å². The summed E-state index contributed by atoms with van der Waals surface area (Å²) in [5.41, 5.74) is 0.768. The largest absolute Gasteiger partial charge is 0.618 e. The summed E-state index contributed by atoms with van der Waals surface area (Å²) in [6, 6.07) is 12.7. The minimum absolute atomic E-state index is 0.0759. The number of hydrogen-bond donors (Lipinski definition) is 0. The van der Waals surface area contributed by atoms with E-state index >= 15 is 0 Å². The molecule has 1 aliphatic rings. The Kier molecular flexibility index (Phi) is 2.97. The molecule has 0 aliphatic carbocycles. The van der Waals surface area contributed by atoms with Gasteiger partial charge in [0.2, 0.25) is 0 Å². The Labute approximate surface area is 122 Å². The lowest BCUT2D eigenvalue weighted by Gasteiger charge is -2.15. The molecule has 5 nitrogen and oxygen atoms in total. The first-order valence-corrected chi connectivity index (χ1v) is 6.68. The van der Waals surface area contributed by atoms with Crippen LogP contribution in [0.5, 0.6) is 0 Å². The number of hydroxylamine groups is 2. The second-order valence-electron chi connectivity index (χ2n) is 5.43. The fourth-order valence-corrected chi connectivity index (χ4v) is 2.59. The number of aromatic nitrogens is 1. The van der Waals surface area contributed by atoms with Crippen LogP contribution in [0.1, 0.15) is 25.0 Å². The molecule has 0 spiro atoms. The summed E-state index contributed by atoms with van der Waals surface area (Å²) >= 11 is 0. The fourth-order valence-electron chi connectivity index (χ4n) is 2.59. The Morgan fingerprint density at radius 1 is 0.952 bits per heavy atom. The molecule has 21 heavy (non-hydrogen) atoms. The summed E-state index contributed by atoms with van der Waals surface area (Å²) in [5.74, 6) is 0.0759. The molecule has 0 atom stereocenters. The lowest BCUT2D eigenvalue weighted by molar-refractivity contribution is -0.530. The molecule has 1 aliphatic heterocycles. The molecular weight excluding hydrogens is 266 g/mol. The van der Waals surface area contributed by atoms with E-state index < -0.39 is 5.54 Å². The van der Waals surface area contributed by atoms with E-state index in [0.717, 1.165) is 15.0 Å². The van der Waals surface area contributed by atoms with Crippen LogP contribution in [-0.2, 0) is 0 Å². The van der Waals surface area contributed by atoms with Crippen LogP contribution in [-0.4, -0.2) is 31.5 Å². The normalized spacial score (nSPS) is 17.4. The number of benzene rings is 1. The van der Waals surface area contributed by atoms with Crippen molar-refractivity contribution in [2.75, 3.05) is 0 Å². The third kappa shape index (κ3) is 1.98. The van der Waals surface area contributed by atoms with Crippen LogP contribution in [0.15, 0.2) is 54.9 Å². The van der Waals surface area contributed by atoms with Gasteiger partial charge < -0.3 is 10.4 Å². The first-order valence-electron chi connectivity index (χ1n) is 6.68. The van der Waals surface area contributed by atoms with E-state index in [1.807, 2.05) is 30.3 Å². The Bertz CT molecular complexity index is 735. The van der Waals surface area contributed by atoms with Crippen molar-refractivity contribution >= 4 is 11.5 Å². The van der Waals surface area contributed by atoms with Crippen LogP contribution in [0.3, 0.4) is 0 Å². The quantitative estimate of drug-likeness (QED) is 0.625. The van der Waals surface area contributed by atoms with Crippen molar-refractivity contribution in [1.82, 2.24) is 4.98 Å². The van der Waals surface area contributed by atoms with Crippen molar-refractivity contribution in [2.45, 2.75) is 19.4 Å². The van der Waals surface area contributed by atoms with Crippen molar-refractivity contribution < 1.29 is 9.48 Å². The topological polar surface area (TPSA) is 65.0 Å². The Morgan fingerprint density at radius 2 is 1.62 bits per heavy atom. The molecule has 0 saturated carbocycles. The smallest absolute Gasteiger partial charge is 0.471 e. The zero-order valence-corrected chi connectivity index (χ0v) is 11.9. The fraction of sp³-hybridized carbons (Fsp3) is 0.188. The van der Waals surface area contributed by atoms with E-state index in [9.17, 15) is 10.4 Å². The monoisotopic (exact) mass is 281 g/mol. The Hall–Kier alpha value is -2.69. The highest BCUT2D eigenvalue weighted by atomic mass is 16.5. The maximum absolute atomic E-state index is 12.7. The summed E-state index contributed by atoms with van der Waals surface area (Å²) in [6.45, 7) is 3.49. The molecule has 2 heterocycles. The summed E-state index contributed by atoms with van der Waals surface area (Å²) in [4.78, 5) is 3.98. The highest BCUT2D eigenvalue weighted by molar-refractivity contribution is 6.09. The highest BCUT2D eigenvalue weighted by Gasteiger charge is 2.52. The van der Waals surface area contributed by atoms with Crippen LogP contribution in [0.2, 0.25) is 0 Å². The van der Waals surface area contributed by atoms with Gasteiger partial charge >= 0.3 is 5.84 Å². The van der Waals surface area contributed by atoms with E-state index in [-0.39, 0.29) is 5.84 Å². The van der Waals surface area contributed by atoms with Gasteiger partial charge in [-0.2, -0.15) is 0 Å². The zero-order chi connectivity index (χ0) is 15.0.